The molecule has 106 valence electrons. The third kappa shape index (κ3) is 4.22. The van der Waals surface area contributed by atoms with Gasteiger partial charge in [0.1, 0.15) is 0 Å². The van der Waals surface area contributed by atoms with Gasteiger partial charge in [0.05, 0.1) is 17.3 Å². The van der Waals surface area contributed by atoms with Crippen molar-refractivity contribution in [3.05, 3.63) is 0 Å². The molecule has 1 saturated heterocycles. The maximum Gasteiger partial charge on any atom is 0.310 e. The second-order valence-electron chi connectivity index (χ2n) is 4.96. The molecule has 1 heterocycles. The molecule has 18 heavy (non-hydrogen) atoms. The number of hydrogen-bond donors (Lipinski definition) is 2. The highest BCUT2D eigenvalue weighted by Gasteiger charge is 2.33. The monoisotopic (exact) mass is 279 g/mol. The van der Waals surface area contributed by atoms with Gasteiger partial charge in [-0.1, -0.05) is 6.92 Å². The molecule has 1 aliphatic heterocycles. The predicted octanol–water partition coefficient (Wildman–Crippen LogP) is 0.586. The number of carboxylic acid groups (broad SMARTS) is 1. The van der Waals surface area contributed by atoms with E-state index in [0.29, 0.717) is 13.0 Å². The third-order valence-corrected chi connectivity index (χ3v) is 4.80. The second kappa shape index (κ2) is 5.99. The Morgan fingerprint density at radius 2 is 2.22 bits per heavy atom. The van der Waals surface area contributed by atoms with E-state index in [1.165, 1.54) is 6.92 Å². The fourth-order valence-corrected chi connectivity index (χ4v) is 3.11. The summed E-state index contributed by atoms with van der Waals surface area (Å²) < 4.78 is 31.2. The van der Waals surface area contributed by atoms with Gasteiger partial charge in [-0.3, -0.25) is 4.79 Å². The maximum absolute atomic E-state index is 11.8. The van der Waals surface area contributed by atoms with Crippen LogP contribution in [0.1, 0.15) is 33.1 Å². The zero-order valence-corrected chi connectivity index (χ0v) is 11.6. The molecule has 0 radical (unpaired) electrons. The first kappa shape index (κ1) is 15.4. The fraction of sp³-hybridized carbons (Fsp3) is 0.909. The van der Waals surface area contributed by atoms with Crippen molar-refractivity contribution in [3.8, 4) is 0 Å². The van der Waals surface area contributed by atoms with Crippen LogP contribution >= 0.6 is 0 Å². The smallest absolute Gasteiger partial charge is 0.310 e. The van der Waals surface area contributed by atoms with Crippen LogP contribution in [0.3, 0.4) is 0 Å². The van der Waals surface area contributed by atoms with Crippen LogP contribution in [0, 0.1) is 5.41 Å². The van der Waals surface area contributed by atoms with Crippen LogP contribution in [0.5, 0.6) is 0 Å². The third-order valence-electron chi connectivity index (χ3n) is 3.41. The molecular formula is C11H21NO5S. The molecule has 0 aromatic heterocycles. The predicted molar refractivity (Wildman–Crippen MR) is 66.8 cm³/mol. The summed E-state index contributed by atoms with van der Waals surface area (Å²) in [6.45, 7) is 3.77. The molecule has 0 saturated carbocycles. The Morgan fingerprint density at radius 1 is 1.56 bits per heavy atom. The summed E-state index contributed by atoms with van der Waals surface area (Å²) >= 11 is 0. The molecule has 2 unspecified atom stereocenters. The van der Waals surface area contributed by atoms with E-state index in [1.54, 1.807) is 6.92 Å². The Hall–Kier alpha value is -0.660. The van der Waals surface area contributed by atoms with Crippen molar-refractivity contribution in [2.24, 2.45) is 5.41 Å². The highest BCUT2D eigenvalue weighted by molar-refractivity contribution is 7.89. The van der Waals surface area contributed by atoms with E-state index < -0.39 is 21.4 Å². The Balaban J connectivity index is 2.52. The molecule has 2 N–H and O–H groups in total. The lowest BCUT2D eigenvalue weighted by Gasteiger charge is -2.23. The average Bonchev–Trinajstić information content (AvgIpc) is 2.77. The van der Waals surface area contributed by atoms with Gasteiger partial charge in [0.2, 0.25) is 10.0 Å². The first-order chi connectivity index (χ1) is 8.29. The Labute approximate surface area is 108 Å². The highest BCUT2D eigenvalue weighted by Crippen LogP contribution is 2.21. The van der Waals surface area contributed by atoms with E-state index in [-0.39, 0.29) is 18.4 Å². The quantitative estimate of drug-likeness (QED) is 0.711. The van der Waals surface area contributed by atoms with Gasteiger partial charge in [0.25, 0.3) is 0 Å². The van der Waals surface area contributed by atoms with Gasteiger partial charge in [-0.25, -0.2) is 13.1 Å². The number of ether oxygens (including phenoxy) is 1. The Bertz CT molecular complexity index is 388. The van der Waals surface area contributed by atoms with Crippen LogP contribution in [0.2, 0.25) is 0 Å². The van der Waals surface area contributed by atoms with Gasteiger partial charge in [0.15, 0.2) is 0 Å². The van der Waals surface area contributed by atoms with Crippen molar-refractivity contribution >= 4 is 16.0 Å². The second-order valence-corrected chi connectivity index (χ2v) is 6.81. The SMILES string of the molecule is CCC(C)(CNS(=O)(=O)CC1CCCO1)C(=O)O. The minimum absolute atomic E-state index is 0.0894. The molecule has 1 rings (SSSR count). The van der Waals surface area contributed by atoms with Gasteiger partial charge >= 0.3 is 5.97 Å². The topological polar surface area (TPSA) is 92.7 Å². The Kier molecular flexibility index (Phi) is 5.12. The Morgan fingerprint density at radius 3 is 2.67 bits per heavy atom. The van der Waals surface area contributed by atoms with Crippen molar-refractivity contribution in [3.63, 3.8) is 0 Å². The summed E-state index contributed by atoms with van der Waals surface area (Å²) in [6.07, 6.45) is 1.72. The minimum atomic E-state index is -3.48. The maximum atomic E-state index is 11.8. The summed E-state index contributed by atoms with van der Waals surface area (Å²) in [4.78, 5) is 11.1. The fourth-order valence-electron chi connectivity index (χ4n) is 1.70. The summed E-state index contributed by atoms with van der Waals surface area (Å²) in [5, 5.41) is 9.05. The number of rotatable bonds is 7. The first-order valence-corrected chi connectivity index (χ1v) is 7.76. The van der Waals surface area contributed by atoms with Crippen molar-refractivity contribution in [1.29, 1.82) is 0 Å². The molecule has 6 nitrogen and oxygen atoms in total. The molecule has 7 heteroatoms. The summed E-state index contributed by atoms with van der Waals surface area (Å²) in [6, 6.07) is 0. The van der Waals surface area contributed by atoms with Crippen LogP contribution in [-0.4, -0.2) is 44.5 Å². The van der Waals surface area contributed by atoms with Crippen molar-refractivity contribution in [2.45, 2.75) is 39.2 Å². The van der Waals surface area contributed by atoms with Gasteiger partial charge < -0.3 is 9.84 Å². The zero-order chi connectivity index (χ0) is 13.8. The molecule has 0 aromatic rings. The van der Waals surface area contributed by atoms with Crippen molar-refractivity contribution < 1.29 is 23.1 Å². The van der Waals surface area contributed by atoms with Crippen molar-refractivity contribution in [2.75, 3.05) is 18.9 Å². The van der Waals surface area contributed by atoms with E-state index in [1.807, 2.05) is 0 Å². The normalized spacial score (nSPS) is 23.8. The van der Waals surface area contributed by atoms with E-state index >= 15 is 0 Å². The number of sulfonamides is 1. The lowest BCUT2D eigenvalue weighted by molar-refractivity contribution is -0.147. The average molecular weight is 279 g/mol. The van der Waals surface area contributed by atoms with E-state index in [0.717, 1.165) is 12.8 Å². The van der Waals surface area contributed by atoms with E-state index in [2.05, 4.69) is 4.72 Å². The van der Waals surface area contributed by atoms with Crippen LogP contribution in [0.4, 0.5) is 0 Å². The molecule has 1 aliphatic rings. The van der Waals surface area contributed by atoms with Gasteiger partial charge in [-0.15, -0.1) is 0 Å². The zero-order valence-electron chi connectivity index (χ0n) is 10.8. The van der Waals surface area contributed by atoms with Gasteiger partial charge in [0, 0.05) is 13.2 Å². The van der Waals surface area contributed by atoms with Crippen LogP contribution in [-0.2, 0) is 19.6 Å². The van der Waals surface area contributed by atoms with Crippen LogP contribution < -0.4 is 4.72 Å². The standard InChI is InChI=1S/C11H21NO5S/c1-3-11(2,10(13)14)8-12-18(15,16)7-9-5-4-6-17-9/h9,12H,3-8H2,1-2H3,(H,13,14). The van der Waals surface area contributed by atoms with E-state index in [9.17, 15) is 13.2 Å². The van der Waals surface area contributed by atoms with Crippen molar-refractivity contribution in [1.82, 2.24) is 4.72 Å². The number of nitrogens with one attached hydrogen (secondary N) is 1. The minimum Gasteiger partial charge on any atom is -0.481 e. The number of aliphatic carboxylic acids is 1. The molecule has 0 aliphatic carbocycles. The molecule has 0 bridgehead atoms. The summed E-state index contributed by atoms with van der Waals surface area (Å²) in [5.74, 6) is -1.09. The molecular weight excluding hydrogens is 258 g/mol. The molecule has 0 spiro atoms. The lowest BCUT2D eigenvalue weighted by Crippen LogP contribution is -2.42. The summed E-state index contributed by atoms with van der Waals surface area (Å²) in [5.41, 5.74) is -1.07. The largest absolute Gasteiger partial charge is 0.481 e. The number of hydrogen-bond acceptors (Lipinski definition) is 4. The molecule has 2 atom stereocenters. The highest BCUT2D eigenvalue weighted by atomic mass is 32.2. The molecule has 0 amide bonds. The number of carbonyl (C=O) groups is 1. The molecule has 0 aromatic carbocycles. The van der Waals surface area contributed by atoms with Gasteiger partial charge in [-0.05, 0) is 26.2 Å². The summed E-state index contributed by atoms with van der Waals surface area (Å²) in [7, 11) is -3.48. The van der Waals surface area contributed by atoms with Crippen LogP contribution in [0.25, 0.3) is 0 Å². The number of carboxylic acids is 1. The van der Waals surface area contributed by atoms with Gasteiger partial charge in [-0.2, -0.15) is 0 Å². The lowest BCUT2D eigenvalue weighted by atomic mass is 9.88. The first-order valence-electron chi connectivity index (χ1n) is 6.11. The molecule has 1 fully saturated rings. The van der Waals surface area contributed by atoms with E-state index in [4.69, 9.17) is 9.84 Å². The van der Waals surface area contributed by atoms with Crippen LogP contribution in [0.15, 0.2) is 0 Å².